The summed E-state index contributed by atoms with van der Waals surface area (Å²) in [7, 11) is 0. The summed E-state index contributed by atoms with van der Waals surface area (Å²) in [5.74, 6) is -0.215. The summed E-state index contributed by atoms with van der Waals surface area (Å²) in [5.41, 5.74) is 3.00. The zero-order valence-corrected chi connectivity index (χ0v) is 11.4. The molecule has 4 heteroatoms. The zero-order chi connectivity index (χ0) is 14.7. The minimum atomic E-state index is -0.569. The number of nitrogens with one attached hydrogen (secondary N) is 1. The van der Waals surface area contributed by atoms with Gasteiger partial charge in [-0.1, -0.05) is 24.3 Å². The van der Waals surface area contributed by atoms with E-state index in [-0.39, 0.29) is 11.9 Å². The molecule has 0 fully saturated rings. The molecule has 3 rings (SSSR count). The van der Waals surface area contributed by atoms with Crippen LogP contribution in [0.2, 0.25) is 0 Å². The Hall–Kier alpha value is -2.46. The van der Waals surface area contributed by atoms with E-state index < -0.39 is 6.10 Å². The molecule has 106 valence electrons. The first kappa shape index (κ1) is 13.5. The molecule has 4 nitrogen and oxygen atoms in total. The number of carbonyl (C=O) groups excluding carboxylic acids is 1. The molecule has 2 unspecified atom stereocenters. The molecule has 1 aromatic carbocycles. The van der Waals surface area contributed by atoms with E-state index in [0.717, 1.165) is 16.7 Å². The smallest absolute Gasteiger partial charge is 0.244 e. The molecule has 0 bridgehead atoms. The van der Waals surface area contributed by atoms with E-state index in [0.29, 0.717) is 6.42 Å². The van der Waals surface area contributed by atoms with Gasteiger partial charge in [0.25, 0.3) is 0 Å². The van der Waals surface area contributed by atoms with Crippen molar-refractivity contribution in [3.05, 3.63) is 71.6 Å². The zero-order valence-electron chi connectivity index (χ0n) is 11.4. The highest BCUT2D eigenvalue weighted by atomic mass is 16.3. The molecule has 0 spiro atoms. The van der Waals surface area contributed by atoms with Crippen LogP contribution < -0.4 is 5.32 Å². The molecular formula is C17H16N2O2. The van der Waals surface area contributed by atoms with Crippen molar-refractivity contribution in [3.63, 3.8) is 0 Å². The lowest BCUT2D eigenvalue weighted by Crippen LogP contribution is -2.32. The number of fused-ring (bicyclic) bond motifs is 1. The molecule has 0 aliphatic heterocycles. The van der Waals surface area contributed by atoms with E-state index in [1.807, 2.05) is 36.4 Å². The van der Waals surface area contributed by atoms with Crippen molar-refractivity contribution in [2.75, 3.05) is 0 Å². The molecule has 1 heterocycles. The molecule has 1 aromatic heterocycles. The highest BCUT2D eigenvalue weighted by molar-refractivity contribution is 5.92. The van der Waals surface area contributed by atoms with Gasteiger partial charge in [0.05, 0.1) is 12.1 Å². The molecule has 0 saturated carbocycles. The van der Waals surface area contributed by atoms with Crippen molar-refractivity contribution in [3.8, 4) is 0 Å². The topological polar surface area (TPSA) is 62.2 Å². The second kappa shape index (κ2) is 5.89. The van der Waals surface area contributed by atoms with Crippen molar-refractivity contribution in [1.29, 1.82) is 0 Å². The van der Waals surface area contributed by atoms with Gasteiger partial charge in [0.2, 0.25) is 5.91 Å². The highest BCUT2D eigenvalue weighted by Gasteiger charge is 2.31. The van der Waals surface area contributed by atoms with E-state index in [4.69, 9.17) is 0 Å². The Bertz CT molecular complexity index is 668. The number of aliphatic hydroxyl groups excluding tert-OH is 1. The maximum absolute atomic E-state index is 12.0. The van der Waals surface area contributed by atoms with Gasteiger partial charge in [0.15, 0.2) is 0 Å². The molecule has 1 amide bonds. The van der Waals surface area contributed by atoms with Crippen molar-refractivity contribution in [2.45, 2.75) is 18.6 Å². The van der Waals surface area contributed by atoms with E-state index >= 15 is 0 Å². The Kier molecular flexibility index (Phi) is 3.79. The van der Waals surface area contributed by atoms with Gasteiger partial charge in [-0.15, -0.1) is 0 Å². The van der Waals surface area contributed by atoms with Crippen LogP contribution in [0.15, 0.2) is 54.9 Å². The van der Waals surface area contributed by atoms with Gasteiger partial charge < -0.3 is 10.4 Å². The number of pyridine rings is 1. The summed E-state index contributed by atoms with van der Waals surface area (Å²) in [6, 6.07) is 11.1. The van der Waals surface area contributed by atoms with Crippen molar-refractivity contribution in [1.82, 2.24) is 10.3 Å². The van der Waals surface area contributed by atoms with Gasteiger partial charge >= 0.3 is 0 Å². The van der Waals surface area contributed by atoms with Crippen LogP contribution >= 0.6 is 0 Å². The van der Waals surface area contributed by atoms with Gasteiger partial charge in [0.1, 0.15) is 0 Å². The second-order valence-corrected chi connectivity index (χ2v) is 5.07. The van der Waals surface area contributed by atoms with Gasteiger partial charge in [-0.05, 0) is 34.9 Å². The van der Waals surface area contributed by atoms with E-state index in [2.05, 4.69) is 10.3 Å². The first-order valence-corrected chi connectivity index (χ1v) is 6.88. The summed E-state index contributed by atoms with van der Waals surface area (Å²) >= 11 is 0. The van der Waals surface area contributed by atoms with Gasteiger partial charge in [0, 0.05) is 24.9 Å². The van der Waals surface area contributed by atoms with Crippen LogP contribution in [0.4, 0.5) is 0 Å². The predicted molar refractivity (Wildman–Crippen MR) is 80.3 cm³/mol. The quantitative estimate of drug-likeness (QED) is 0.844. The summed E-state index contributed by atoms with van der Waals surface area (Å²) in [6.07, 6.45) is 6.56. The van der Waals surface area contributed by atoms with Crippen molar-refractivity contribution < 1.29 is 9.90 Å². The third-order valence-electron chi connectivity index (χ3n) is 3.64. The largest absolute Gasteiger partial charge is 0.390 e. The maximum atomic E-state index is 12.0. The number of hydrogen-bond donors (Lipinski definition) is 2. The second-order valence-electron chi connectivity index (χ2n) is 5.07. The van der Waals surface area contributed by atoms with Crippen LogP contribution in [0.25, 0.3) is 6.08 Å². The number of hydrogen-bond acceptors (Lipinski definition) is 3. The fourth-order valence-corrected chi connectivity index (χ4v) is 2.60. The maximum Gasteiger partial charge on any atom is 0.244 e. The molecule has 2 N–H and O–H groups in total. The normalized spacial score (nSPS) is 20.4. The molecule has 0 saturated heterocycles. The molecule has 0 radical (unpaired) electrons. The monoisotopic (exact) mass is 280 g/mol. The average molecular weight is 280 g/mol. The van der Waals surface area contributed by atoms with Crippen molar-refractivity contribution >= 4 is 12.0 Å². The van der Waals surface area contributed by atoms with Crippen LogP contribution in [0.1, 0.15) is 22.7 Å². The first-order valence-electron chi connectivity index (χ1n) is 6.88. The average Bonchev–Trinajstić information content (AvgIpc) is 2.82. The van der Waals surface area contributed by atoms with E-state index in [1.54, 1.807) is 18.5 Å². The van der Waals surface area contributed by atoms with Crippen LogP contribution in [-0.4, -0.2) is 22.1 Å². The highest BCUT2D eigenvalue weighted by Crippen LogP contribution is 2.31. The van der Waals surface area contributed by atoms with Crippen LogP contribution in [-0.2, 0) is 11.2 Å². The number of aromatic nitrogens is 1. The molecule has 1 aliphatic carbocycles. The molecular weight excluding hydrogens is 264 g/mol. The van der Waals surface area contributed by atoms with E-state index in [9.17, 15) is 9.90 Å². The van der Waals surface area contributed by atoms with Crippen molar-refractivity contribution in [2.24, 2.45) is 0 Å². The van der Waals surface area contributed by atoms with Crippen LogP contribution in [0.3, 0.4) is 0 Å². The third kappa shape index (κ3) is 3.01. The standard InChI is InChI=1S/C17H16N2O2/c20-15-11-13-3-1-2-4-14(13)17(15)19-16(21)6-5-12-7-9-18-10-8-12/h1-10,15,17,20H,11H2,(H,19,21). The minimum Gasteiger partial charge on any atom is -0.390 e. The number of nitrogens with zero attached hydrogens (tertiary/aromatic N) is 1. The fourth-order valence-electron chi connectivity index (χ4n) is 2.60. The Morgan fingerprint density at radius 1 is 1.24 bits per heavy atom. The summed E-state index contributed by atoms with van der Waals surface area (Å²) < 4.78 is 0. The Labute approximate surface area is 123 Å². The minimum absolute atomic E-state index is 0.215. The fraction of sp³-hybridized carbons (Fsp3) is 0.176. The van der Waals surface area contributed by atoms with E-state index in [1.165, 1.54) is 6.08 Å². The summed E-state index contributed by atoms with van der Waals surface area (Å²) in [5, 5.41) is 13.0. The Morgan fingerprint density at radius 2 is 2.00 bits per heavy atom. The Morgan fingerprint density at radius 3 is 2.81 bits per heavy atom. The predicted octanol–water partition coefficient (Wildman–Crippen LogP) is 1.87. The van der Waals surface area contributed by atoms with Gasteiger partial charge in [-0.2, -0.15) is 0 Å². The SMILES string of the molecule is O=C(C=Cc1ccncc1)NC1c2ccccc2CC1O. The van der Waals surface area contributed by atoms with Crippen LogP contribution in [0, 0.1) is 0 Å². The summed E-state index contributed by atoms with van der Waals surface area (Å²) in [4.78, 5) is 15.9. The van der Waals surface area contributed by atoms with Gasteiger partial charge in [-0.25, -0.2) is 0 Å². The van der Waals surface area contributed by atoms with Gasteiger partial charge in [-0.3, -0.25) is 9.78 Å². The molecule has 21 heavy (non-hydrogen) atoms. The lowest BCUT2D eigenvalue weighted by Gasteiger charge is -2.16. The molecule has 2 aromatic rings. The Balaban J connectivity index is 1.69. The first-order chi connectivity index (χ1) is 10.2. The lowest BCUT2D eigenvalue weighted by molar-refractivity contribution is -0.117. The third-order valence-corrected chi connectivity index (χ3v) is 3.64. The lowest BCUT2D eigenvalue weighted by atomic mass is 10.1. The number of benzene rings is 1. The molecule has 2 atom stereocenters. The molecule has 1 aliphatic rings. The number of amides is 1. The number of rotatable bonds is 3. The van der Waals surface area contributed by atoms with Crippen LogP contribution in [0.5, 0.6) is 0 Å². The summed E-state index contributed by atoms with van der Waals surface area (Å²) in [6.45, 7) is 0. The number of carbonyl (C=O) groups is 1. The number of aliphatic hydroxyl groups is 1.